The summed E-state index contributed by atoms with van der Waals surface area (Å²) in [5, 5.41) is 8.16. The molecule has 0 saturated heterocycles. The second-order valence-electron chi connectivity index (χ2n) is 6.15. The molecule has 1 atom stereocenters. The Balaban J connectivity index is 1.92. The Hall–Kier alpha value is -2.83. The molecule has 0 saturated carbocycles. The quantitative estimate of drug-likeness (QED) is 0.751. The van der Waals surface area contributed by atoms with Crippen LogP contribution in [0.3, 0.4) is 0 Å². The Kier molecular flexibility index (Phi) is 6.16. The number of carbonyl (C=O) groups excluding carboxylic acids is 2. The molecule has 0 spiro atoms. The first-order chi connectivity index (χ1) is 11.9. The van der Waals surface area contributed by atoms with E-state index in [0.717, 1.165) is 11.5 Å². The van der Waals surface area contributed by atoms with Gasteiger partial charge in [-0.1, -0.05) is 32.0 Å². The van der Waals surface area contributed by atoms with Crippen LogP contribution in [0.2, 0.25) is 0 Å². The number of aromatic nitrogens is 1. The van der Waals surface area contributed by atoms with Gasteiger partial charge in [-0.2, -0.15) is 0 Å². The highest BCUT2D eigenvalue weighted by Crippen LogP contribution is 2.09. The van der Waals surface area contributed by atoms with E-state index in [9.17, 15) is 9.59 Å². The Morgan fingerprint density at radius 2 is 1.84 bits per heavy atom. The summed E-state index contributed by atoms with van der Waals surface area (Å²) >= 11 is 0. The number of oxazole rings is 1. The number of carbonyl (C=O) groups is 2. The maximum Gasteiger partial charge on any atom is 0.319 e. The first-order valence-electron chi connectivity index (χ1n) is 8.20. The summed E-state index contributed by atoms with van der Waals surface area (Å²) in [6.45, 7) is 7.58. The fourth-order valence-electron chi connectivity index (χ4n) is 2.25. The van der Waals surface area contributed by atoms with Gasteiger partial charge in [0.2, 0.25) is 11.8 Å². The third-order valence-corrected chi connectivity index (χ3v) is 3.75. The first-order valence-corrected chi connectivity index (χ1v) is 8.20. The van der Waals surface area contributed by atoms with Gasteiger partial charge in [-0.15, -0.1) is 0 Å². The monoisotopic (exact) mass is 344 g/mol. The summed E-state index contributed by atoms with van der Waals surface area (Å²) in [6, 6.07) is 7.96. The average molecular weight is 344 g/mol. The van der Waals surface area contributed by atoms with Gasteiger partial charge in [0.15, 0.2) is 0 Å². The highest BCUT2D eigenvalue weighted by Gasteiger charge is 2.24. The Morgan fingerprint density at radius 1 is 1.16 bits per heavy atom. The van der Waals surface area contributed by atoms with Gasteiger partial charge in [-0.05, 0) is 31.9 Å². The molecule has 25 heavy (non-hydrogen) atoms. The maximum atomic E-state index is 12.4. The molecular formula is C18H24N4O3. The van der Waals surface area contributed by atoms with Gasteiger partial charge in [-0.25, -0.2) is 9.78 Å². The molecule has 7 nitrogen and oxygen atoms in total. The van der Waals surface area contributed by atoms with Gasteiger partial charge in [-0.3, -0.25) is 4.79 Å². The zero-order valence-corrected chi connectivity index (χ0v) is 14.9. The van der Waals surface area contributed by atoms with Crippen LogP contribution in [0.5, 0.6) is 0 Å². The molecule has 1 heterocycles. The largest absolute Gasteiger partial charge is 0.444 e. The SMILES string of the molecule is Cc1nc(CNC(=O)C(NC(=O)Nc2ccccc2)C(C)C)oc1C. The van der Waals surface area contributed by atoms with Crippen LogP contribution in [0, 0.1) is 19.8 Å². The molecule has 1 aromatic heterocycles. The van der Waals surface area contributed by atoms with Crippen molar-refractivity contribution in [3.05, 3.63) is 47.7 Å². The van der Waals surface area contributed by atoms with Crippen molar-refractivity contribution in [2.45, 2.75) is 40.3 Å². The molecule has 3 N–H and O–H groups in total. The number of urea groups is 1. The van der Waals surface area contributed by atoms with Crippen molar-refractivity contribution in [1.29, 1.82) is 0 Å². The van der Waals surface area contributed by atoms with Gasteiger partial charge < -0.3 is 20.4 Å². The van der Waals surface area contributed by atoms with Crippen LogP contribution < -0.4 is 16.0 Å². The molecule has 0 aliphatic heterocycles. The van der Waals surface area contributed by atoms with Gasteiger partial charge >= 0.3 is 6.03 Å². The number of para-hydroxylation sites is 1. The van der Waals surface area contributed by atoms with E-state index in [4.69, 9.17) is 4.42 Å². The molecule has 0 bridgehead atoms. The molecule has 2 rings (SSSR count). The Labute approximate surface area is 147 Å². The highest BCUT2D eigenvalue weighted by atomic mass is 16.4. The van der Waals surface area contributed by atoms with Crippen molar-refractivity contribution in [3.63, 3.8) is 0 Å². The number of nitrogens with one attached hydrogen (secondary N) is 3. The van der Waals surface area contributed by atoms with Gasteiger partial charge in [0.25, 0.3) is 0 Å². The standard InChI is InChI=1S/C18H24N4O3/c1-11(2)16(22-18(24)21-14-8-6-5-7-9-14)17(23)19-10-15-20-12(3)13(4)25-15/h5-9,11,16H,10H2,1-4H3,(H,19,23)(H2,21,22,24). The van der Waals surface area contributed by atoms with E-state index < -0.39 is 12.1 Å². The number of hydrogen-bond acceptors (Lipinski definition) is 4. The highest BCUT2D eigenvalue weighted by molar-refractivity contribution is 5.93. The summed E-state index contributed by atoms with van der Waals surface area (Å²) in [7, 11) is 0. The molecule has 1 unspecified atom stereocenters. The van der Waals surface area contributed by atoms with Crippen LogP contribution in [-0.2, 0) is 11.3 Å². The van der Waals surface area contributed by atoms with E-state index in [-0.39, 0.29) is 18.4 Å². The van der Waals surface area contributed by atoms with Crippen LogP contribution in [0.15, 0.2) is 34.7 Å². The minimum Gasteiger partial charge on any atom is -0.444 e. The van der Waals surface area contributed by atoms with Gasteiger partial charge in [0.05, 0.1) is 12.2 Å². The molecule has 1 aromatic carbocycles. The fourth-order valence-corrected chi connectivity index (χ4v) is 2.25. The summed E-state index contributed by atoms with van der Waals surface area (Å²) < 4.78 is 5.44. The number of anilines is 1. The van der Waals surface area contributed by atoms with E-state index in [1.54, 1.807) is 12.1 Å². The summed E-state index contributed by atoms with van der Waals surface area (Å²) in [5.41, 5.74) is 1.46. The van der Waals surface area contributed by atoms with E-state index in [2.05, 4.69) is 20.9 Å². The average Bonchev–Trinajstić information content (AvgIpc) is 2.89. The Bertz CT molecular complexity index is 706. The van der Waals surface area contributed by atoms with Crippen molar-refractivity contribution in [3.8, 4) is 0 Å². The predicted octanol–water partition coefficient (Wildman–Crippen LogP) is 2.75. The lowest BCUT2D eigenvalue weighted by atomic mass is 10.0. The third-order valence-electron chi connectivity index (χ3n) is 3.75. The van der Waals surface area contributed by atoms with Crippen LogP contribution in [-0.4, -0.2) is 23.0 Å². The third kappa shape index (κ3) is 5.34. The molecule has 134 valence electrons. The number of benzene rings is 1. The molecule has 0 radical (unpaired) electrons. The number of amides is 3. The van der Waals surface area contributed by atoms with Gasteiger partial charge in [0, 0.05) is 5.69 Å². The lowest BCUT2D eigenvalue weighted by molar-refractivity contribution is -0.124. The molecule has 0 aliphatic carbocycles. The Morgan fingerprint density at radius 3 is 2.40 bits per heavy atom. The number of aryl methyl sites for hydroxylation is 2. The summed E-state index contributed by atoms with van der Waals surface area (Å²) in [6.07, 6.45) is 0. The fraction of sp³-hybridized carbons (Fsp3) is 0.389. The molecule has 2 aromatic rings. The van der Waals surface area contributed by atoms with Crippen LogP contribution in [0.4, 0.5) is 10.5 Å². The van der Waals surface area contributed by atoms with Crippen LogP contribution in [0.25, 0.3) is 0 Å². The predicted molar refractivity (Wildman–Crippen MR) is 95.0 cm³/mol. The van der Waals surface area contributed by atoms with Crippen molar-refractivity contribution < 1.29 is 14.0 Å². The zero-order valence-electron chi connectivity index (χ0n) is 14.9. The molecular weight excluding hydrogens is 320 g/mol. The number of nitrogens with zero attached hydrogens (tertiary/aromatic N) is 1. The van der Waals surface area contributed by atoms with Crippen molar-refractivity contribution in [2.24, 2.45) is 5.92 Å². The first kappa shape index (κ1) is 18.5. The molecule has 7 heteroatoms. The van der Waals surface area contributed by atoms with Crippen molar-refractivity contribution in [1.82, 2.24) is 15.6 Å². The van der Waals surface area contributed by atoms with Crippen LogP contribution in [0.1, 0.15) is 31.2 Å². The summed E-state index contributed by atoms with van der Waals surface area (Å²) in [5.74, 6) is 0.811. The van der Waals surface area contributed by atoms with E-state index in [0.29, 0.717) is 11.6 Å². The molecule has 0 fully saturated rings. The normalized spacial score (nSPS) is 11.9. The maximum absolute atomic E-state index is 12.4. The smallest absolute Gasteiger partial charge is 0.319 e. The zero-order chi connectivity index (χ0) is 18.4. The molecule has 0 aliphatic rings. The summed E-state index contributed by atoms with van der Waals surface area (Å²) in [4.78, 5) is 28.8. The van der Waals surface area contributed by atoms with Crippen molar-refractivity contribution in [2.75, 3.05) is 5.32 Å². The minimum atomic E-state index is -0.666. The molecule has 3 amide bonds. The topological polar surface area (TPSA) is 96.3 Å². The van der Waals surface area contributed by atoms with Gasteiger partial charge in [0.1, 0.15) is 11.8 Å². The van der Waals surface area contributed by atoms with E-state index >= 15 is 0 Å². The second kappa shape index (κ2) is 8.32. The lowest BCUT2D eigenvalue weighted by Crippen LogP contribution is -2.50. The lowest BCUT2D eigenvalue weighted by Gasteiger charge is -2.21. The number of rotatable bonds is 6. The minimum absolute atomic E-state index is 0.0745. The van der Waals surface area contributed by atoms with Crippen molar-refractivity contribution >= 4 is 17.6 Å². The second-order valence-corrected chi connectivity index (χ2v) is 6.15. The van der Waals surface area contributed by atoms with Crippen LogP contribution >= 0.6 is 0 Å². The van der Waals surface area contributed by atoms with E-state index in [1.807, 2.05) is 45.9 Å². The number of hydrogen-bond donors (Lipinski definition) is 3. The van der Waals surface area contributed by atoms with E-state index in [1.165, 1.54) is 0 Å².